The van der Waals surface area contributed by atoms with Crippen LogP contribution in [0.25, 0.3) is 0 Å². The van der Waals surface area contributed by atoms with Gasteiger partial charge in [-0.15, -0.1) is 6.42 Å². The van der Waals surface area contributed by atoms with Gasteiger partial charge in [-0.1, -0.05) is 0 Å². The summed E-state index contributed by atoms with van der Waals surface area (Å²) in [7, 11) is 0. The Balaban J connectivity index is 3.05. The summed E-state index contributed by atoms with van der Waals surface area (Å²) < 4.78 is 4.76. The van der Waals surface area contributed by atoms with Gasteiger partial charge in [-0.05, 0) is 29.7 Å². The minimum Gasteiger partial charge on any atom is -0.436 e. The van der Waals surface area contributed by atoms with Crippen molar-refractivity contribution in [3.8, 4) is 12.3 Å². The fourth-order valence-corrected chi connectivity index (χ4v) is 0.538. The predicted octanol–water partition coefficient (Wildman–Crippen LogP) is 1.91. The van der Waals surface area contributed by atoms with Gasteiger partial charge in [0.2, 0.25) is 0 Å². The van der Waals surface area contributed by atoms with Crippen molar-refractivity contribution in [2.24, 2.45) is 0 Å². The second-order valence-electron chi connectivity index (χ2n) is 1.25. The summed E-state index contributed by atoms with van der Waals surface area (Å²) in [6, 6.07) is 3.25. The van der Waals surface area contributed by atoms with Crippen molar-refractivity contribution in [2.45, 2.75) is 0 Å². The van der Waals surface area contributed by atoms with Crippen LogP contribution in [0, 0.1) is 12.3 Å². The molecule has 0 N–H and O–H groups in total. The third-order valence-corrected chi connectivity index (χ3v) is 0.919. The fourth-order valence-electron chi connectivity index (χ4n) is 0.392. The molecule has 0 aliphatic heterocycles. The molecule has 0 saturated carbocycles. The molecule has 40 valence electrons. The molecule has 0 fully saturated rings. The highest BCUT2D eigenvalue weighted by molar-refractivity contribution is 6.28. The van der Waals surface area contributed by atoms with Crippen molar-refractivity contribution in [1.82, 2.24) is 0 Å². The van der Waals surface area contributed by atoms with Gasteiger partial charge >= 0.3 is 0 Å². The maximum Gasteiger partial charge on any atom is 0.194 e. The van der Waals surface area contributed by atoms with Gasteiger partial charge in [-0.25, -0.2) is 0 Å². The first kappa shape index (κ1) is 5.27. The van der Waals surface area contributed by atoms with Crippen LogP contribution in [0.3, 0.4) is 0 Å². The number of furan rings is 1. The Morgan fingerprint density at radius 3 is 2.62 bits per heavy atom. The molecule has 0 aromatic carbocycles. The van der Waals surface area contributed by atoms with Gasteiger partial charge in [0.1, 0.15) is 0 Å². The van der Waals surface area contributed by atoms with E-state index in [1.165, 1.54) is 0 Å². The van der Waals surface area contributed by atoms with Gasteiger partial charge < -0.3 is 4.42 Å². The monoisotopic (exact) mass is 126 g/mol. The summed E-state index contributed by atoms with van der Waals surface area (Å²) in [4.78, 5) is 0. The molecule has 2 heteroatoms. The molecule has 1 aromatic rings. The van der Waals surface area contributed by atoms with Crippen molar-refractivity contribution < 1.29 is 4.42 Å². The first-order valence-corrected chi connectivity index (χ1v) is 2.42. The highest BCUT2D eigenvalue weighted by Gasteiger charge is 1.91. The highest BCUT2D eigenvalue weighted by Crippen LogP contribution is 2.10. The first-order valence-electron chi connectivity index (χ1n) is 2.05. The summed E-state index contributed by atoms with van der Waals surface area (Å²) in [6.07, 6.45) is 4.96. The second-order valence-corrected chi connectivity index (χ2v) is 1.62. The molecule has 0 bridgehead atoms. The van der Waals surface area contributed by atoms with Crippen LogP contribution in [-0.4, -0.2) is 0 Å². The Kier molecular flexibility index (Phi) is 1.27. The standard InChI is InChI=1S/C6H3ClO/c1-2-5-3-4-6(7)8-5/h1,3-4H. The van der Waals surface area contributed by atoms with E-state index in [9.17, 15) is 0 Å². The quantitative estimate of drug-likeness (QED) is 0.484. The Morgan fingerprint density at radius 1 is 1.62 bits per heavy atom. The molecule has 1 rings (SSSR count). The van der Waals surface area contributed by atoms with E-state index in [4.69, 9.17) is 22.4 Å². The minimum atomic E-state index is 0.331. The number of hydrogen-bond donors (Lipinski definition) is 0. The van der Waals surface area contributed by atoms with E-state index >= 15 is 0 Å². The van der Waals surface area contributed by atoms with Gasteiger partial charge in [0.05, 0.1) is 0 Å². The lowest BCUT2D eigenvalue weighted by molar-refractivity contribution is 0.556. The van der Waals surface area contributed by atoms with Crippen molar-refractivity contribution in [3.05, 3.63) is 23.1 Å². The van der Waals surface area contributed by atoms with Crippen LogP contribution in [0.1, 0.15) is 5.76 Å². The molecule has 0 radical (unpaired) electrons. The van der Waals surface area contributed by atoms with Crippen LogP contribution in [0.5, 0.6) is 0 Å². The zero-order valence-electron chi connectivity index (χ0n) is 4.02. The molecule has 0 aliphatic carbocycles. The summed E-state index contributed by atoms with van der Waals surface area (Å²) in [5, 5.41) is 0.331. The smallest absolute Gasteiger partial charge is 0.194 e. The minimum absolute atomic E-state index is 0.331. The summed E-state index contributed by atoms with van der Waals surface area (Å²) >= 11 is 5.38. The van der Waals surface area contributed by atoms with Gasteiger partial charge in [0.15, 0.2) is 11.0 Å². The third-order valence-electron chi connectivity index (χ3n) is 0.715. The van der Waals surface area contributed by atoms with E-state index in [2.05, 4.69) is 5.92 Å². The lowest BCUT2D eigenvalue weighted by Crippen LogP contribution is -1.55. The van der Waals surface area contributed by atoms with Crippen LogP contribution in [-0.2, 0) is 0 Å². The van der Waals surface area contributed by atoms with E-state index in [0.717, 1.165) is 0 Å². The van der Waals surface area contributed by atoms with Crippen molar-refractivity contribution in [1.29, 1.82) is 0 Å². The molecule has 0 amide bonds. The zero-order chi connectivity index (χ0) is 5.98. The van der Waals surface area contributed by atoms with Gasteiger partial charge in [0.25, 0.3) is 0 Å². The molecular weight excluding hydrogens is 124 g/mol. The van der Waals surface area contributed by atoms with Crippen LogP contribution < -0.4 is 0 Å². The Labute approximate surface area is 52.3 Å². The molecule has 1 aromatic heterocycles. The second kappa shape index (κ2) is 1.94. The summed E-state index contributed by atoms with van der Waals surface area (Å²) in [5.74, 6) is 2.76. The largest absolute Gasteiger partial charge is 0.436 e. The lowest BCUT2D eigenvalue weighted by Gasteiger charge is -1.73. The molecule has 0 unspecified atom stereocenters. The SMILES string of the molecule is C#Cc1ccc(Cl)o1. The molecule has 0 atom stereocenters. The topological polar surface area (TPSA) is 13.1 Å². The Morgan fingerprint density at radius 2 is 2.38 bits per heavy atom. The number of rotatable bonds is 0. The maximum atomic E-state index is 5.38. The molecule has 0 saturated heterocycles. The van der Waals surface area contributed by atoms with Crippen molar-refractivity contribution in [2.75, 3.05) is 0 Å². The van der Waals surface area contributed by atoms with Crippen molar-refractivity contribution in [3.63, 3.8) is 0 Å². The van der Waals surface area contributed by atoms with E-state index in [1.54, 1.807) is 12.1 Å². The zero-order valence-corrected chi connectivity index (χ0v) is 4.77. The normalized spacial score (nSPS) is 8.50. The third kappa shape index (κ3) is 0.853. The Bertz CT molecular complexity index is 219. The van der Waals surface area contributed by atoms with E-state index in [0.29, 0.717) is 11.0 Å². The fraction of sp³-hybridized carbons (Fsp3) is 0. The average Bonchev–Trinajstić information content (AvgIpc) is 2.14. The molecular formula is C6H3ClO. The number of terminal acetylenes is 1. The maximum absolute atomic E-state index is 5.38. The van der Waals surface area contributed by atoms with Gasteiger partial charge in [-0.3, -0.25) is 0 Å². The number of hydrogen-bond acceptors (Lipinski definition) is 1. The highest BCUT2D eigenvalue weighted by atomic mass is 35.5. The van der Waals surface area contributed by atoms with Crippen LogP contribution in [0.15, 0.2) is 16.5 Å². The number of halogens is 1. The molecule has 8 heavy (non-hydrogen) atoms. The summed E-state index contributed by atoms with van der Waals surface area (Å²) in [5.41, 5.74) is 0. The van der Waals surface area contributed by atoms with Gasteiger partial charge in [0, 0.05) is 0 Å². The first-order chi connectivity index (χ1) is 3.83. The summed E-state index contributed by atoms with van der Waals surface area (Å²) in [6.45, 7) is 0. The molecule has 1 nitrogen and oxygen atoms in total. The molecule has 1 heterocycles. The van der Waals surface area contributed by atoms with E-state index < -0.39 is 0 Å². The molecule has 0 spiro atoms. The van der Waals surface area contributed by atoms with E-state index in [-0.39, 0.29) is 0 Å². The average molecular weight is 127 g/mol. The lowest BCUT2D eigenvalue weighted by atomic mass is 10.5. The predicted molar refractivity (Wildman–Crippen MR) is 31.7 cm³/mol. The molecule has 0 aliphatic rings. The van der Waals surface area contributed by atoms with Gasteiger partial charge in [-0.2, -0.15) is 0 Å². The van der Waals surface area contributed by atoms with E-state index in [1.807, 2.05) is 0 Å². The van der Waals surface area contributed by atoms with Crippen LogP contribution in [0.4, 0.5) is 0 Å². The van der Waals surface area contributed by atoms with Crippen LogP contribution >= 0.6 is 11.6 Å². The van der Waals surface area contributed by atoms with Crippen molar-refractivity contribution >= 4 is 11.6 Å². The Hall–Kier alpha value is -0.870. The van der Waals surface area contributed by atoms with Crippen LogP contribution in [0.2, 0.25) is 5.22 Å².